The summed E-state index contributed by atoms with van der Waals surface area (Å²) in [6, 6.07) is 3.78. The van der Waals surface area contributed by atoms with Crippen LogP contribution in [0.5, 0.6) is 0 Å². The van der Waals surface area contributed by atoms with E-state index in [1.165, 1.54) is 5.56 Å². The lowest BCUT2D eigenvalue weighted by Gasteiger charge is -1.95. The van der Waals surface area contributed by atoms with E-state index in [9.17, 15) is 0 Å². The van der Waals surface area contributed by atoms with Gasteiger partial charge in [-0.25, -0.2) is 9.97 Å². The van der Waals surface area contributed by atoms with Crippen LogP contribution >= 0.6 is 0 Å². The Morgan fingerprint density at radius 3 is 2.69 bits per heavy atom. The Morgan fingerprint density at radius 1 is 1.15 bits per heavy atom. The molecule has 3 nitrogen and oxygen atoms in total. The Bertz CT molecular complexity index is 342. The molecule has 0 aliphatic rings. The van der Waals surface area contributed by atoms with Gasteiger partial charge < -0.3 is 4.42 Å². The first-order valence-electron chi connectivity index (χ1n) is 4.22. The van der Waals surface area contributed by atoms with Crippen LogP contribution in [-0.4, -0.2) is 9.97 Å². The van der Waals surface area contributed by atoms with E-state index in [0.29, 0.717) is 0 Å². The summed E-state index contributed by atoms with van der Waals surface area (Å²) in [5, 5.41) is 0. The van der Waals surface area contributed by atoms with Crippen molar-refractivity contribution in [3.63, 3.8) is 0 Å². The maximum atomic E-state index is 4.96. The molecule has 66 valence electrons. The van der Waals surface area contributed by atoms with E-state index >= 15 is 0 Å². The number of aryl methyl sites for hydroxylation is 2. The van der Waals surface area contributed by atoms with Crippen molar-refractivity contribution in [2.75, 3.05) is 0 Å². The van der Waals surface area contributed by atoms with Crippen molar-refractivity contribution in [3.05, 3.63) is 48.4 Å². The average Bonchev–Trinajstić information content (AvgIpc) is 2.69. The number of furan rings is 1. The first-order chi connectivity index (χ1) is 6.45. The lowest BCUT2D eigenvalue weighted by Crippen LogP contribution is -1.95. The van der Waals surface area contributed by atoms with Gasteiger partial charge >= 0.3 is 0 Å². The first kappa shape index (κ1) is 7.98. The predicted molar refractivity (Wildman–Crippen MR) is 48.1 cm³/mol. The van der Waals surface area contributed by atoms with Crippen LogP contribution in [0.15, 0.2) is 41.5 Å². The molecule has 0 aliphatic carbocycles. The third-order valence-corrected chi connectivity index (χ3v) is 1.84. The molecule has 0 atom stereocenters. The van der Waals surface area contributed by atoms with E-state index in [1.807, 2.05) is 12.1 Å². The van der Waals surface area contributed by atoms with Crippen molar-refractivity contribution < 1.29 is 4.42 Å². The molecular weight excluding hydrogens is 164 g/mol. The topological polar surface area (TPSA) is 38.9 Å². The van der Waals surface area contributed by atoms with E-state index in [2.05, 4.69) is 9.97 Å². The van der Waals surface area contributed by atoms with Gasteiger partial charge in [0, 0.05) is 18.8 Å². The van der Waals surface area contributed by atoms with Gasteiger partial charge in [-0.05, 0) is 24.1 Å². The molecule has 2 aromatic rings. The normalized spacial score (nSPS) is 10.2. The summed E-state index contributed by atoms with van der Waals surface area (Å²) >= 11 is 0. The Balaban J connectivity index is 1.94. The van der Waals surface area contributed by atoms with Crippen molar-refractivity contribution in [1.29, 1.82) is 0 Å². The number of aromatic nitrogens is 2. The summed E-state index contributed by atoms with van der Waals surface area (Å²) in [6.45, 7) is 0. The van der Waals surface area contributed by atoms with Crippen LogP contribution in [0, 0.1) is 0 Å². The molecule has 0 aromatic carbocycles. The second kappa shape index (κ2) is 3.85. The van der Waals surface area contributed by atoms with Crippen LogP contribution in [0.2, 0.25) is 0 Å². The third kappa shape index (κ3) is 2.15. The van der Waals surface area contributed by atoms with E-state index < -0.39 is 0 Å². The molecular formula is C10H10N2O. The predicted octanol–water partition coefficient (Wildman–Crippen LogP) is 1.85. The zero-order valence-electron chi connectivity index (χ0n) is 7.18. The van der Waals surface area contributed by atoms with Gasteiger partial charge in [0.25, 0.3) is 0 Å². The summed E-state index contributed by atoms with van der Waals surface area (Å²) in [4.78, 5) is 8.27. The number of hydrogen-bond acceptors (Lipinski definition) is 3. The summed E-state index contributed by atoms with van der Waals surface area (Å²) in [7, 11) is 0. The summed E-state index contributed by atoms with van der Waals surface area (Å²) < 4.78 is 4.96. The van der Waals surface area contributed by atoms with E-state index in [4.69, 9.17) is 4.42 Å². The highest BCUT2D eigenvalue weighted by atomic mass is 16.3. The lowest BCUT2D eigenvalue weighted by atomic mass is 10.2. The Labute approximate surface area is 76.5 Å². The molecule has 0 fully saturated rings. The quantitative estimate of drug-likeness (QED) is 0.712. The highest BCUT2D eigenvalue weighted by Gasteiger charge is 1.97. The Morgan fingerprint density at radius 2 is 2.00 bits per heavy atom. The summed E-state index contributed by atoms with van der Waals surface area (Å²) in [5.74, 6) is 0.878. The van der Waals surface area contributed by atoms with Crippen LogP contribution in [0.25, 0.3) is 0 Å². The maximum absolute atomic E-state index is 4.96. The number of rotatable bonds is 3. The molecule has 0 saturated carbocycles. The molecule has 0 unspecified atom stereocenters. The molecule has 0 radical (unpaired) electrons. The lowest BCUT2D eigenvalue weighted by molar-refractivity contribution is 0.563. The minimum Gasteiger partial charge on any atom is -0.472 e. The van der Waals surface area contributed by atoms with Crippen molar-refractivity contribution in [2.24, 2.45) is 0 Å². The third-order valence-electron chi connectivity index (χ3n) is 1.84. The monoisotopic (exact) mass is 174 g/mol. The first-order valence-corrected chi connectivity index (χ1v) is 4.22. The molecule has 0 aliphatic heterocycles. The number of hydrogen-bond donors (Lipinski definition) is 0. The second-order valence-corrected chi connectivity index (χ2v) is 2.80. The highest BCUT2D eigenvalue weighted by Crippen LogP contribution is 2.03. The van der Waals surface area contributed by atoms with Gasteiger partial charge in [-0.15, -0.1) is 0 Å². The fourth-order valence-corrected chi connectivity index (χ4v) is 1.15. The van der Waals surface area contributed by atoms with Crippen LogP contribution in [0.1, 0.15) is 11.4 Å². The SMILES string of the molecule is c1cnc(CCc2ccoc2)nc1. The number of nitrogens with zero attached hydrogens (tertiary/aromatic N) is 2. The van der Waals surface area contributed by atoms with E-state index in [-0.39, 0.29) is 0 Å². The molecule has 2 rings (SSSR count). The molecule has 0 N–H and O–H groups in total. The van der Waals surface area contributed by atoms with E-state index in [1.54, 1.807) is 24.9 Å². The molecule has 0 amide bonds. The van der Waals surface area contributed by atoms with Crippen molar-refractivity contribution >= 4 is 0 Å². The maximum Gasteiger partial charge on any atom is 0.128 e. The average molecular weight is 174 g/mol. The van der Waals surface area contributed by atoms with Crippen molar-refractivity contribution in [3.8, 4) is 0 Å². The van der Waals surface area contributed by atoms with E-state index in [0.717, 1.165) is 18.7 Å². The zero-order valence-corrected chi connectivity index (χ0v) is 7.18. The fourth-order valence-electron chi connectivity index (χ4n) is 1.15. The van der Waals surface area contributed by atoms with Gasteiger partial charge in [-0.1, -0.05) is 0 Å². The Hall–Kier alpha value is -1.64. The smallest absolute Gasteiger partial charge is 0.128 e. The molecule has 0 bridgehead atoms. The van der Waals surface area contributed by atoms with Crippen LogP contribution in [0.4, 0.5) is 0 Å². The fraction of sp³-hybridized carbons (Fsp3) is 0.200. The minimum atomic E-state index is 0.861. The van der Waals surface area contributed by atoms with Gasteiger partial charge in [-0.3, -0.25) is 0 Å². The molecule has 3 heteroatoms. The van der Waals surface area contributed by atoms with Gasteiger partial charge in [0.1, 0.15) is 5.82 Å². The molecule has 2 heterocycles. The zero-order chi connectivity index (χ0) is 8.93. The highest BCUT2D eigenvalue weighted by molar-refractivity contribution is 5.07. The molecule has 13 heavy (non-hydrogen) atoms. The van der Waals surface area contributed by atoms with Crippen LogP contribution < -0.4 is 0 Å². The largest absolute Gasteiger partial charge is 0.472 e. The van der Waals surface area contributed by atoms with Gasteiger partial charge in [0.05, 0.1) is 12.5 Å². The van der Waals surface area contributed by atoms with Gasteiger partial charge in [0.15, 0.2) is 0 Å². The molecule has 0 spiro atoms. The minimum absolute atomic E-state index is 0.861. The van der Waals surface area contributed by atoms with Gasteiger partial charge in [-0.2, -0.15) is 0 Å². The second-order valence-electron chi connectivity index (χ2n) is 2.80. The molecule has 0 saturated heterocycles. The van der Waals surface area contributed by atoms with Crippen LogP contribution in [-0.2, 0) is 12.8 Å². The summed E-state index contributed by atoms with van der Waals surface area (Å²) in [6.07, 6.45) is 8.75. The Kier molecular flexibility index (Phi) is 2.36. The summed E-state index contributed by atoms with van der Waals surface area (Å²) in [5.41, 5.74) is 1.19. The van der Waals surface area contributed by atoms with Crippen LogP contribution in [0.3, 0.4) is 0 Å². The van der Waals surface area contributed by atoms with Crippen molar-refractivity contribution in [1.82, 2.24) is 9.97 Å². The van der Waals surface area contributed by atoms with Crippen molar-refractivity contribution in [2.45, 2.75) is 12.8 Å². The standard InChI is InChI=1S/C10H10N2O/c1-5-11-10(12-6-1)3-2-9-4-7-13-8-9/h1,4-8H,2-3H2. The molecule has 2 aromatic heterocycles. The van der Waals surface area contributed by atoms with Gasteiger partial charge in [0.2, 0.25) is 0 Å².